The van der Waals surface area contributed by atoms with Gasteiger partial charge in [-0.3, -0.25) is 4.90 Å². The highest BCUT2D eigenvalue weighted by molar-refractivity contribution is 7.89. The van der Waals surface area contributed by atoms with Crippen LogP contribution in [0.4, 0.5) is 14.9 Å². The third-order valence-electron chi connectivity index (χ3n) is 4.61. The molecule has 0 saturated carbocycles. The lowest BCUT2D eigenvalue weighted by Gasteiger charge is -2.22. The second kappa shape index (κ2) is 8.68. The second-order valence-corrected chi connectivity index (χ2v) is 8.31. The molecule has 0 spiro atoms. The third kappa shape index (κ3) is 5.51. The van der Waals surface area contributed by atoms with Gasteiger partial charge in [0.05, 0.1) is 4.90 Å². The number of sulfonamides is 1. The SMILES string of the molecule is NS(=O)(=O)c1cccc(NC(=O)N2CCCN(Cc3ccc(F)cc3)CC2)c1. The molecule has 0 radical (unpaired) electrons. The molecule has 150 valence electrons. The van der Waals surface area contributed by atoms with Gasteiger partial charge in [-0.25, -0.2) is 22.7 Å². The highest BCUT2D eigenvalue weighted by Gasteiger charge is 2.20. The van der Waals surface area contributed by atoms with Gasteiger partial charge in [-0.15, -0.1) is 0 Å². The first-order valence-corrected chi connectivity index (χ1v) is 10.5. The normalized spacial score (nSPS) is 15.9. The summed E-state index contributed by atoms with van der Waals surface area (Å²) in [6.07, 6.45) is 0.811. The number of halogens is 1. The minimum Gasteiger partial charge on any atom is -0.323 e. The van der Waals surface area contributed by atoms with Crippen molar-refractivity contribution in [3.8, 4) is 0 Å². The topological polar surface area (TPSA) is 95.7 Å². The smallest absolute Gasteiger partial charge is 0.321 e. The van der Waals surface area contributed by atoms with Crippen molar-refractivity contribution in [3.05, 3.63) is 59.9 Å². The zero-order chi connectivity index (χ0) is 20.1. The monoisotopic (exact) mass is 406 g/mol. The summed E-state index contributed by atoms with van der Waals surface area (Å²) in [4.78, 5) is 16.4. The Bertz CT molecular complexity index is 934. The zero-order valence-corrected chi connectivity index (χ0v) is 16.2. The van der Waals surface area contributed by atoms with E-state index in [1.165, 1.54) is 30.3 Å². The number of benzene rings is 2. The Morgan fingerprint density at radius 2 is 1.82 bits per heavy atom. The number of carbonyl (C=O) groups is 1. The number of carbonyl (C=O) groups excluding carboxylic acids is 1. The van der Waals surface area contributed by atoms with Gasteiger partial charge in [0.15, 0.2) is 0 Å². The average molecular weight is 406 g/mol. The van der Waals surface area contributed by atoms with E-state index in [0.717, 1.165) is 18.5 Å². The molecule has 0 atom stereocenters. The Kier molecular flexibility index (Phi) is 6.28. The molecule has 2 amide bonds. The molecule has 7 nitrogen and oxygen atoms in total. The molecule has 1 heterocycles. The number of anilines is 1. The van der Waals surface area contributed by atoms with Crippen LogP contribution in [0.15, 0.2) is 53.4 Å². The van der Waals surface area contributed by atoms with Gasteiger partial charge in [0.2, 0.25) is 10.0 Å². The van der Waals surface area contributed by atoms with Gasteiger partial charge in [-0.2, -0.15) is 0 Å². The van der Waals surface area contributed by atoms with Crippen molar-refractivity contribution in [3.63, 3.8) is 0 Å². The maximum atomic E-state index is 13.0. The van der Waals surface area contributed by atoms with Crippen LogP contribution in [0.5, 0.6) is 0 Å². The number of hydrogen-bond acceptors (Lipinski definition) is 4. The standard InChI is InChI=1S/C19H23FN4O3S/c20-16-7-5-15(6-8-16)14-23-9-2-10-24(12-11-23)19(25)22-17-3-1-4-18(13-17)28(21,26)27/h1,3-8,13H,2,9-12,14H2,(H,22,25)(H2,21,26,27). The van der Waals surface area contributed by atoms with Crippen LogP contribution in [-0.4, -0.2) is 50.4 Å². The van der Waals surface area contributed by atoms with Gasteiger partial charge >= 0.3 is 6.03 Å². The predicted molar refractivity (Wildman–Crippen MR) is 105 cm³/mol. The molecule has 2 aromatic carbocycles. The quantitative estimate of drug-likeness (QED) is 0.814. The fourth-order valence-corrected chi connectivity index (χ4v) is 3.69. The van der Waals surface area contributed by atoms with Gasteiger partial charge < -0.3 is 10.2 Å². The van der Waals surface area contributed by atoms with Gasteiger partial charge in [-0.1, -0.05) is 18.2 Å². The minimum absolute atomic E-state index is 0.0494. The molecule has 0 aromatic heterocycles. The van der Waals surface area contributed by atoms with E-state index in [4.69, 9.17) is 5.14 Å². The molecular weight excluding hydrogens is 383 g/mol. The number of nitrogens with one attached hydrogen (secondary N) is 1. The van der Waals surface area contributed by atoms with Crippen molar-refractivity contribution in [1.29, 1.82) is 0 Å². The summed E-state index contributed by atoms with van der Waals surface area (Å²) in [6.45, 7) is 3.37. The highest BCUT2D eigenvalue weighted by Crippen LogP contribution is 2.16. The van der Waals surface area contributed by atoms with Crippen molar-refractivity contribution in [2.24, 2.45) is 5.14 Å². The molecule has 1 fully saturated rings. The molecule has 1 aliphatic rings. The largest absolute Gasteiger partial charge is 0.323 e. The Balaban J connectivity index is 1.57. The number of urea groups is 1. The molecule has 0 aliphatic carbocycles. The number of amides is 2. The molecule has 28 heavy (non-hydrogen) atoms. The van der Waals surface area contributed by atoms with Crippen LogP contribution in [0.1, 0.15) is 12.0 Å². The van der Waals surface area contributed by atoms with E-state index in [0.29, 0.717) is 31.9 Å². The van der Waals surface area contributed by atoms with Crippen molar-refractivity contribution in [1.82, 2.24) is 9.80 Å². The summed E-state index contributed by atoms with van der Waals surface area (Å²) in [5, 5.41) is 7.86. The van der Waals surface area contributed by atoms with Crippen molar-refractivity contribution in [2.45, 2.75) is 17.9 Å². The number of hydrogen-bond donors (Lipinski definition) is 2. The number of nitrogens with two attached hydrogens (primary N) is 1. The summed E-state index contributed by atoms with van der Waals surface area (Å²) < 4.78 is 35.9. The number of nitrogens with zero attached hydrogens (tertiary/aromatic N) is 2. The van der Waals surface area contributed by atoms with Gasteiger partial charge in [0.1, 0.15) is 5.82 Å². The van der Waals surface area contributed by atoms with E-state index in [1.807, 2.05) is 0 Å². The lowest BCUT2D eigenvalue weighted by Crippen LogP contribution is -2.38. The van der Waals surface area contributed by atoms with Gasteiger partial charge in [0.25, 0.3) is 0 Å². The summed E-state index contributed by atoms with van der Waals surface area (Å²) in [5.41, 5.74) is 1.41. The maximum Gasteiger partial charge on any atom is 0.321 e. The molecule has 3 rings (SSSR count). The van der Waals surface area contributed by atoms with Crippen molar-refractivity contribution < 1.29 is 17.6 Å². The van der Waals surface area contributed by atoms with Gasteiger partial charge in [-0.05, 0) is 42.3 Å². The fraction of sp³-hybridized carbons (Fsp3) is 0.316. The van der Waals surface area contributed by atoms with Crippen LogP contribution in [0.25, 0.3) is 0 Å². The maximum absolute atomic E-state index is 13.0. The summed E-state index contributed by atoms with van der Waals surface area (Å²) in [5.74, 6) is -0.256. The first kappa shape index (κ1) is 20.2. The lowest BCUT2D eigenvalue weighted by molar-refractivity contribution is 0.211. The fourth-order valence-electron chi connectivity index (χ4n) is 3.13. The number of primary sulfonamides is 1. The third-order valence-corrected chi connectivity index (χ3v) is 5.52. The van der Waals surface area contributed by atoms with E-state index in [2.05, 4.69) is 10.2 Å². The molecule has 2 aromatic rings. The van der Waals surface area contributed by atoms with E-state index in [-0.39, 0.29) is 16.7 Å². The first-order chi connectivity index (χ1) is 13.3. The second-order valence-electron chi connectivity index (χ2n) is 6.75. The molecular formula is C19H23FN4O3S. The molecule has 0 bridgehead atoms. The van der Waals surface area contributed by atoms with Crippen LogP contribution in [0.2, 0.25) is 0 Å². The zero-order valence-electron chi connectivity index (χ0n) is 15.3. The Labute approximate surface area is 164 Å². The predicted octanol–water partition coefficient (Wildman–Crippen LogP) is 2.21. The van der Waals surface area contributed by atoms with E-state index in [9.17, 15) is 17.6 Å². The Hall–Kier alpha value is -2.49. The molecule has 1 saturated heterocycles. The molecule has 1 aliphatic heterocycles. The average Bonchev–Trinajstić information content (AvgIpc) is 2.89. The first-order valence-electron chi connectivity index (χ1n) is 8.97. The Morgan fingerprint density at radius 3 is 2.54 bits per heavy atom. The number of rotatable bonds is 4. The highest BCUT2D eigenvalue weighted by atomic mass is 32.2. The molecule has 9 heteroatoms. The van der Waals surface area contributed by atoms with Crippen LogP contribution in [-0.2, 0) is 16.6 Å². The molecule has 0 unspecified atom stereocenters. The van der Waals surface area contributed by atoms with E-state index < -0.39 is 10.0 Å². The Morgan fingerprint density at radius 1 is 1.07 bits per heavy atom. The van der Waals surface area contributed by atoms with Crippen LogP contribution < -0.4 is 10.5 Å². The van der Waals surface area contributed by atoms with Crippen LogP contribution in [0, 0.1) is 5.82 Å². The van der Waals surface area contributed by atoms with E-state index in [1.54, 1.807) is 23.1 Å². The minimum atomic E-state index is -3.83. The van der Waals surface area contributed by atoms with Crippen LogP contribution >= 0.6 is 0 Å². The summed E-state index contributed by atoms with van der Waals surface area (Å²) >= 11 is 0. The molecule has 3 N–H and O–H groups in total. The summed E-state index contributed by atoms with van der Waals surface area (Å²) in [6, 6.07) is 12.0. The van der Waals surface area contributed by atoms with Crippen LogP contribution in [0.3, 0.4) is 0 Å². The van der Waals surface area contributed by atoms with Crippen molar-refractivity contribution >= 4 is 21.7 Å². The van der Waals surface area contributed by atoms with Crippen molar-refractivity contribution in [2.75, 3.05) is 31.5 Å². The summed E-state index contributed by atoms with van der Waals surface area (Å²) in [7, 11) is -3.83. The van der Waals surface area contributed by atoms with Gasteiger partial charge in [0, 0.05) is 38.4 Å². The lowest BCUT2D eigenvalue weighted by atomic mass is 10.2. The van der Waals surface area contributed by atoms with E-state index >= 15 is 0 Å².